The molecule has 0 aliphatic carbocycles. The molecule has 13 rings (SSSR count). The summed E-state index contributed by atoms with van der Waals surface area (Å²) in [6, 6.07) is 76.9. The van der Waals surface area contributed by atoms with Crippen molar-refractivity contribution in [2.75, 3.05) is 0 Å². The van der Waals surface area contributed by atoms with Crippen LogP contribution in [0, 0.1) is 0 Å². The van der Waals surface area contributed by atoms with Crippen LogP contribution in [0.2, 0.25) is 0 Å². The van der Waals surface area contributed by atoms with Crippen molar-refractivity contribution in [1.29, 1.82) is 0 Å². The summed E-state index contributed by atoms with van der Waals surface area (Å²) in [5.74, 6) is 1.70. The van der Waals surface area contributed by atoms with Crippen LogP contribution >= 0.6 is 0 Å². The maximum Gasteiger partial charge on any atom is 0.167 e. The highest BCUT2D eigenvalue weighted by molar-refractivity contribution is 6.24. The van der Waals surface area contributed by atoms with Gasteiger partial charge in [0.25, 0.3) is 0 Å². The topological polar surface area (TPSA) is 56.7 Å². The van der Waals surface area contributed by atoms with Crippen LogP contribution < -0.4 is 0 Å². The standard InChI is InChI=1S/C59H36N4O/c1-3-14-37(15-4-1)39-26-28-41(29-27-39)57-60-58(45-22-13-21-42(34-45)38-16-5-2-6-17-38)62-59(61-57)48-31-33-51(55-47-24-11-12-25-53(47)64-56(48)55)63-50-32-30-40-18-9-10-23-46(40)54(50)49-35-43-19-7-8-20-44(43)36-52(49)63/h1-36H. The van der Waals surface area contributed by atoms with Crippen LogP contribution in [0.3, 0.4) is 0 Å². The Labute approximate surface area is 368 Å². The molecular weight excluding hydrogens is 781 g/mol. The molecular formula is C59H36N4O. The van der Waals surface area contributed by atoms with E-state index in [9.17, 15) is 0 Å². The van der Waals surface area contributed by atoms with Gasteiger partial charge in [-0.1, -0.05) is 176 Å². The number of rotatable bonds is 6. The zero-order valence-corrected chi connectivity index (χ0v) is 34.5. The number of nitrogens with zero attached hydrogens (tertiary/aromatic N) is 4. The summed E-state index contributed by atoms with van der Waals surface area (Å²) in [7, 11) is 0. The highest BCUT2D eigenvalue weighted by Gasteiger charge is 2.24. The molecule has 0 fully saturated rings. The van der Waals surface area contributed by atoms with Crippen LogP contribution in [0.1, 0.15) is 0 Å². The molecule has 3 heterocycles. The molecule has 0 aliphatic rings. The Hall–Kier alpha value is -8.67. The molecule has 64 heavy (non-hydrogen) atoms. The zero-order valence-electron chi connectivity index (χ0n) is 34.5. The molecule has 0 spiro atoms. The molecule has 298 valence electrons. The monoisotopic (exact) mass is 816 g/mol. The average Bonchev–Trinajstić information content (AvgIpc) is 3.92. The lowest BCUT2D eigenvalue weighted by molar-refractivity contribution is 0.669. The van der Waals surface area contributed by atoms with Gasteiger partial charge in [-0.2, -0.15) is 0 Å². The third kappa shape index (κ3) is 5.83. The van der Waals surface area contributed by atoms with E-state index in [2.05, 4.69) is 199 Å². The lowest BCUT2D eigenvalue weighted by atomic mass is 10.0. The van der Waals surface area contributed by atoms with Crippen molar-refractivity contribution in [3.8, 4) is 62.1 Å². The van der Waals surface area contributed by atoms with Gasteiger partial charge in [0.15, 0.2) is 17.5 Å². The molecule has 0 saturated carbocycles. The quantitative estimate of drug-likeness (QED) is 0.168. The van der Waals surface area contributed by atoms with E-state index in [0.29, 0.717) is 17.5 Å². The molecule has 3 aromatic heterocycles. The summed E-state index contributed by atoms with van der Waals surface area (Å²) in [6.07, 6.45) is 0. The van der Waals surface area contributed by atoms with Gasteiger partial charge < -0.3 is 8.98 Å². The van der Waals surface area contributed by atoms with E-state index in [1.807, 2.05) is 24.3 Å². The molecule has 0 saturated heterocycles. The first-order chi connectivity index (χ1) is 31.7. The van der Waals surface area contributed by atoms with Crippen LogP contribution in [0.5, 0.6) is 0 Å². The van der Waals surface area contributed by atoms with Crippen LogP contribution in [0.4, 0.5) is 0 Å². The second-order valence-corrected chi connectivity index (χ2v) is 16.4. The molecule has 5 nitrogen and oxygen atoms in total. The van der Waals surface area contributed by atoms with E-state index in [4.69, 9.17) is 19.4 Å². The van der Waals surface area contributed by atoms with Gasteiger partial charge in [0.05, 0.1) is 27.7 Å². The van der Waals surface area contributed by atoms with Gasteiger partial charge in [-0.3, -0.25) is 0 Å². The maximum absolute atomic E-state index is 6.96. The predicted molar refractivity (Wildman–Crippen MR) is 264 cm³/mol. The molecule has 10 aromatic carbocycles. The van der Waals surface area contributed by atoms with Gasteiger partial charge >= 0.3 is 0 Å². The molecule has 0 atom stereocenters. The van der Waals surface area contributed by atoms with Gasteiger partial charge in [0.1, 0.15) is 11.2 Å². The summed E-state index contributed by atoms with van der Waals surface area (Å²) in [5.41, 5.74) is 11.9. The minimum atomic E-state index is 0.534. The predicted octanol–water partition coefficient (Wildman–Crippen LogP) is 15.5. The number of fused-ring (bicyclic) bond motifs is 9. The summed E-state index contributed by atoms with van der Waals surface area (Å²) >= 11 is 0. The smallest absolute Gasteiger partial charge is 0.167 e. The first-order valence-corrected chi connectivity index (χ1v) is 21.6. The second kappa shape index (κ2) is 14.5. The van der Waals surface area contributed by atoms with Crippen LogP contribution in [-0.2, 0) is 0 Å². The van der Waals surface area contributed by atoms with Crippen molar-refractivity contribution in [1.82, 2.24) is 19.5 Å². The molecule has 5 heteroatoms. The maximum atomic E-state index is 6.96. The fraction of sp³-hybridized carbons (Fsp3) is 0. The summed E-state index contributed by atoms with van der Waals surface area (Å²) in [6.45, 7) is 0. The van der Waals surface area contributed by atoms with Gasteiger partial charge in [0, 0.05) is 27.3 Å². The Morgan fingerprint density at radius 1 is 0.328 bits per heavy atom. The van der Waals surface area contributed by atoms with Crippen molar-refractivity contribution in [2.24, 2.45) is 0 Å². The fourth-order valence-electron chi connectivity index (χ4n) is 9.57. The minimum Gasteiger partial charge on any atom is -0.455 e. The van der Waals surface area contributed by atoms with Crippen LogP contribution in [-0.4, -0.2) is 19.5 Å². The van der Waals surface area contributed by atoms with E-state index in [-0.39, 0.29) is 0 Å². The third-order valence-electron chi connectivity index (χ3n) is 12.6. The Morgan fingerprint density at radius 2 is 0.906 bits per heavy atom. The molecule has 0 N–H and O–H groups in total. The van der Waals surface area contributed by atoms with Crippen LogP contribution in [0.15, 0.2) is 223 Å². The van der Waals surface area contributed by atoms with E-state index < -0.39 is 0 Å². The zero-order chi connectivity index (χ0) is 42.1. The highest BCUT2D eigenvalue weighted by atomic mass is 16.3. The minimum absolute atomic E-state index is 0.534. The second-order valence-electron chi connectivity index (χ2n) is 16.4. The van der Waals surface area contributed by atoms with Crippen molar-refractivity contribution >= 4 is 65.3 Å². The van der Waals surface area contributed by atoms with Gasteiger partial charge in [-0.15, -0.1) is 0 Å². The van der Waals surface area contributed by atoms with Crippen molar-refractivity contribution in [3.05, 3.63) is 218 Å². The van der Waals surface area contributed by atoms with Gasteiger partial charge in [-0.05, 0) is 86.3 Å². The van der Waals surface area contributed by atoms with Gasteiger partial charge in [0.2, 0.25) is 0 Å². The summed E-state index contributed by atoms with van der Waals surface area (Å²) in [5, 5.41) is 9.28. The Balaban J connectivity index is 1.07. The van der Waals surface area contributed by atoms with Crippen LogP contribution in [0.25, 0.3) is 127 Å². The van der Waals surface area contributed by atoms with E-state index >= 15 is 0 Å². The molecule has 0 amide bonds. The van der Waals surface area contributed by atoms with Gasteiger partial charge in [-0.25, -0.2) is 15.0 Å². The summed E-state index contributed by atoms with van der Waals surface area (Å²) in [4.78, 5) is 15.7. The molecule has 0 unspecified atom stereocenters. The Bertz CT molecular complexity index is 3940. The van der Waals surface area contributed by atoms with E-state index in [0.717, 1.165) is 77.6 Å². The first kappa shape index (κ1) is 36.0. The first-order valence-electron chi connectivity index (χ1n) is 21.6. The number of furan rings is 1. The van der Waals surface area contributed by atoms with E-state index in [1.165, 1.54) is 32.3 Å². The number of hydrogen-bond donors (Lipinski definition) is 0. The lowest BCUT2D eigenvalue weighted by Gasteiger charge is -2.13. The molecule has 13 aromatic rings. The SMILES string of the molecule is c1ccc(-c2ccc(-c3nc(-c4cccc(-c5ccccc5)c4)nc(-c4ccc(-n5c6cc7ccccc7cc6c6c7ccccc7ccc65)c5c4oc4ccccc45)n3)cc2)cc1. The lowest BCUT2D eigenvalue weighted by Crippen LogP contribution is -2.01. The number of hydrogen-bond acceptors (Lipinski definition) is 4. The van der Waals surface area contributed by atoms with Crippen molar-refractivity contribution in [3.63, 3.8) is 0 Å². The average molecular weight is 817 g/mol. The number of para-hydroxylation sites is 1. The Kier molecular flexibility index (Phi) is 8.15. The molecule has 0 radical (unpaired) electrons. The highest BCUT2D eigenvalue weighted by Crippen LogP contribution is 2.44. The largest absolute Gasteiger partial charge is 0.455 e. The summed E-state index contributed by atoms with van der Waals surface area (Å²) < 4.78 is 9.38. The van der Waals surface area contributed by atoms with E-state index in [1.54, 1.807) is 0 Å². The normalized spacial score (nSPS) is 11.8. The number of benzene rings is 10. The fourth-order valence-corrected chi connectivity index (χ4v) is 9.57. The molecule has 0 aliphatic heterocycles. The third-order valence-corrected chi connectivity index (χ3v) is 12.6. The Morgan fingerprint density at radius 3 is 1.69 bits per heavy atom. The molecule has 0 bridgehead atoms. The van der Waals surface area contributed by atoms with Crippen molar-refractivity contribution in [2.45, 2.75) is 0 Å². The van der Waals surface area contributed by atoms with Crippen molar-refractivity contribution < 1.29 is 4.42 Å². The number of aromatic nitrogens is 4.